The standard InChI is InChI=1S/C16H21N5O/c1-12(22)21-7-3-4-13(10-21)8-15-16(18-6-5-17-15)14-9-19-20(2)11-14/h5-6,9,11,13H,3-4,7-8,10H2,1-2H3/t13-/m1/s1. The molecular weight excluding hydrogens is 278 g/mol. The van der Waals surface area contributed by atoms with Gasteiger partial charge in [0.15, 0.2) is 0 Å². The maximum absolute atomic E-state index is 11.6. The second kappa shape index (κ2) is 6.25. The Hall–Kier alpha value is -2.24. The number of amides is 1. The van der Waals surface area contributed by atoms with E-state index in [4.69, 9.17) is 0 Å². The molecular formula is C16H21N5O. The number of aryl methyl sites for hydroxylation is 1. The lowest BCUT2D eigenvalue weighted by Gasteiger charge is -2.32. The van der Waals surface area contributed by atoms with Crippen LogP contribution in [0.25, 0.3) is 11.3 Å². The predicted octanol–water partition coefficient (Wildman–Crippen LogP) is 1.68. The van der Waals surface area contributed by atoms with Crippen molar-refractivity contribution in [2.75, 3.05) is 13.1 Å². The van der Waals surface area contributed by atoms with Crippen LogP contribution >= 0.6 is 0 Å². The van der Waals surface area contributed by atoms with Crippen molar-refractivity contribution in [3.8, 4) is 11.3 Å². The Bertz CT molecular complexity index is 666. The second-order valence-corrected chi connectivity index (χ2v) is 5.93. The van der Waals surface area contributed by atoms with Gasteiger partial charge < -0.3 is 4.90 Å². The maximum Gasteiger partial charge on any atom is 0.219 e. The molecule has 0 bridgehead atoms. The van der Waals surface area contributed by atoms with E-state index in [0.717, 1.165) is 49.3 Å². The second-order valence-electron chi connectivity index (χ2n) is 5.93. The molecule has 1 aliphatic heterocycles. The van der Waals surface area contributed by atoms with Gasteiger partial charge in [-0.15, -0.1) is 0 Å². The van der Waals surface area contributed by atoms with Gasteiger partial charge in [0.25, 0.3) is 0 Å². The number of likely N-dealkylation sites (tertiary alicyclic amines) is 1. The molecule has 0 radical (unpaired) electrons. The fourth-order valence-corrected chi connectivity index (χ4v) is 3.09. The molecule has 0 aliphatic carbocycles. The number of carbonyl (C=O) groups is 1. The molecule has 3 rings (SSSR count). The lowest BCUT2D eigenvalue weighted by Crippen LogP contribution is -2.39. The first-order chi connectivity index (χ1) is 10.6. The first-order valence-electron chi connectivity index (χ1n) is 7.68. The number of nitrogens with zero attached hydrogens (tertiary/aromatic N) is 5. The molecule has 2 aromatic rings. The molecule has 6 heteroatoms. The molecule has 1 saturated heterocycles. The summed E-state index contributed by atoms with van der Waals surface area (Å²) in [5.41, 5.74) is 2.88. The monoisotopic (exact) mass is 299 g/mol. The Morgan fingerprint density at radius 1 is 1.36 bits per heavy atom. The summed E-state index contributed by atoms with van der Waals surface area (Å²) >= 11 is 0. The van der Waals surface area contributed by atoms with Crippen molar-refractivity contribution in [2.24, 2.45) is 13.0 Å². The number of hydrogen-bond donors (Lipinski definition) is 0. The van der Waals surface area contributed by atoms with Crippen molar-refractivity contribution in [1.82, 2.24) is 24.6 Å². The molecule has 0 spiro atoms. The molecule has 116 valence electrons. The Morgan fingerprint density at radius 2 is 2.18 bits per heavy atom. The van der Waals surface area contributed by atoms with E-state index in [1.165, 1.54) is 0 Å². The van der Waals surface area contributed by atoms with Crippen LogP contribution in [0.5, 0.6) is 0 Å². The van der Waals surface area contributed by atoms with E-state index < -0.39 is 0 Å². The highest BCUT2D eigenvalue weighted by Gasteiger charge is 2.23. The van der Waals surface area contributed by atoms with Crippen molar-refractivity contribution in [3.05, 3.63) is 30.5 Å². The molecule has 1 aliphatic rings. The van der Waals surface area contributed by atoms with Gasteiger partial charge in [0.2, 0.25) is 5.91 Å². The first kappa shape index (κ1) is 14.7. The molecule has 22 heavy (non-hydrogen) atoms. The number of hydrogen-bond acceptors (Lipinski definition) is 4. The van der Waals surface area contributed by atoms with Crippen LogP contribution in [0.15, 0.2) is 24.8 Å². The average Bonchev–Trinajstić information content (AvgIpc) is 2.94. The van der Waals surface area contributed by atoms with E-state index >= 15 is 0 Å². The van der Waals surface area contributed by atoms with Crippen LogP contribution in [0.4, 0.5) is 0 Å². The van der Waals surface area contributed by atoms with Gasteiger partial charge in [0.05, 0.1) is 17.6 Å². The van der Waals surface area contributed by atoms with Crippen LogP contribution in [-0.2, 0) is 18.3 Å². The molecule has 2 aromatic heterocycles. The third kappa shape index (κ3) is 3.16. The summed E-state index contributed by atoms with van der Waals surface area (Å²) in [5, 5.41) is 4.21. The Balaban J connectivity index is 1.79. The minimum atomic E-state index is 0.163. The van der Waals surface area contributed by atoms with E-state index in [1.807, 2.05) is 24.3 Å². The summed E-state index contributed by atoms with van der Waals surface area (Å²) in [6.45, 7) is 3.34. The van der Waals surface area contributed by atoms with Gasteiger partial charge in [-0.05, 0) is 25.2 Å². The summed E-state index contributed by atoms with van der Waals surface area (Å²) in [5.74, 6) is 0.612. The van der Waals surface area contributed by atoms with Gasteiger partial charge in [0.1, 0.15) is 0 Å². The predicted molar refractivity (Wildman–Crippen MR) is 82.9 cm³/mol. The lowest BCUT2D eigenvalue weighted by molar-refractivity contribution is -0.130. The van der Waals surface area contributed by atoms with Gasteiger partial charge in [-0.1, -0.05) is 0 Å². The zero-order chi connectivity index (χ0) is 15.5. The van der Waals surface area contributed by atoms with Crippen molar-refractivity contribution in [3.63, 3.8) is 0 Å². The molecule has 1 fully saturated rings. The van der Waals surface area contributed by atoms with E-state index in [0.29, 0.717) is 5.92 Å². The molecule has 0 N–H and O–H groups in total. The van der Waals surface area contributed by atoms with E-state index in [9.17, 15) is 4.79 Å². The normalized spacial score (nSPS) is 18.5. The van der Waals surface area contributed by atoms with Crippen molar-refractivity contribution >= 4 is 5.91 Å². The first-order valence-corrected chi connectivity index (χ1v) is 7.68. The summed E-state index contributed by atoms with van der Waals surface area (Å²) in [6, 6.07) is 0. The SMILES string of the molecule is CC(=O)N1CCC[C@H](Cc2nccnc2-c2cnn(C)c2)C1. The number of rotatable bonds is 3. The smallest absolute Gasteiger partial charge is 0.219 e. The van der Waals surface area contributed by atoms with Gasteiger partial charge in [-0.2, -0.15) is 5.10 Å². The largest absolute Gasteiger partial charge is 0.343 e. The van der Waals surface area contributed by atoms with Crippen LogP contribution in [0.3, 0.4) is 0 Å². The summed E-state index contributed by atoms with van der Waals surface area (Å²) in [4.78, 5) is 22.5. The van der Waals surface area contributed by atoms with E-state index in [2.05, 4.69) is 15.1 Å². The summed E-state index contributed by atoms with van der Waals surface area (Å²) < 4.78 is 1.77. The van der Waals surface area contributed by atoms with Gasteiger partial charge >= 0.3 is 0 Å². The number of carbonyl (C=O) groups excluding carboxylic acids is 1. The Labute approximate surface area is 130 Å². The molecule has 3 heterocycles. The highest BCUT2D eigenvalue weighted by Crippen LogP contribution is 2.25. The van der Waals surface area contributed by atoms with Crippen molar-refractivity contribution < 1.29 is 4.79 Å². The van der Waals surface area contributed by atoms with Gasteiger partial charge in [0, 0.05) is 51.2 Å². The summed E-state index contributed by atoms with van der Waals surface area (Å²) in [7, 11) is 1.89. The zero-order valence-corrected chi connectivity index (χ0v) is 13.1. The zero-order valence-electron chi connectivity index (χ0n) is 13.1. The molecule has 1 amide bonds. The van der Waals surface area contributed by atoms with Crippen molar-refractivity contribution in [2.45, 2.75) is 26.2 Å². The molecule has 1 atom stereocenters. The van der Waals surface area contributed by atoms with Gasteiger partial charge in [-0.25, -0.2) is 0 Å². The van der Waals surface area contributed by atoms with Crippen LogP contribution in [0.2, 0.25) is 0 Å². The van der Waals surface area contributed by atoms with E-state index in [1.54, 1.807) is 24.0 Å². The van der Waals surface area contributed by atoms with Crippen molar-refractivity contribution in [1.29, 1.82) is 0 Å². The summed E-state index contributed by atoms with van der Waals surface area (Å²) in [6.07, 6.45) is 10.3. The minimum Gasteiger partial charge on any atom is -0.343 e. The van der Waals surface area contributed by atoms with Gasteiger partial charge in [-0.3, -0.25) is 19.4 Å². The van der Waals surface area contributed by atoms with Crippen LogP contribution in [0, 0.1) is 5.92 Å². The number of aromatic nitrogens is 4. The Morgan fingerprint density at radius 3 is 2.91 bits per heavy atom. The fourth-order valence-electron chi connectivity index (χ4n) is 3.09. The topological polar surface area (TPSA) is 63.9 Å². The Kier molecular flexibility index (Phi) is 4.18. The lowest BCUT2D eigenvalue weighted by atomic mass is 9.92. The third-order valence-corrected chi connectivity index (χ3v) is 4.20. The number of piperidine rings is 1. The maximum atomic E-state index is 11.6. The average molecular weight is 299 g/mol. The molecule has 0 unspecified atom stereocenters. The van der Waals surface area contributed by atoms with Crippen LogP contribution < -0.4 is 0 Å². The molecule has 6 nitrogen and oxygen atoms in total. The quantitative estimate of drug-likeness (QED) is 0.865. The van der Waals surface area contributed by atoms with E-state index in [-0.39, 0.29) is 5.91 Å². The highest BCUT2D eigenvalue weighted by molar-refractivity contribution is 5.73. The highest BCUT2D eigenvalue weighted by atomic mass is 16.2. The molecule has 0 saturated carbocycles. The fraction of sp³-hybridized carbons (Fsp3) is 0.500. The van der Waals surface area contributed by atoms with Crippen LogP contribution in [0.1, 0.15) is 25.5 Å². The third-order valence-electron chi connectivity index (χ3n) is 4.20. The van der Waals surface area contributed by atoms with Crippen LogP contribution in [-0.4, -0.2) is 43.6 Å². The minimum absolute atomic E-state index is 0.163. The molecule has 0 aromatic carbocycles.